The van der Waals surface area contributed by atoms with Crippen molar-refractivity contribution in [2.45, 2.75) is 39.2 Å². The zero-order valence-corrected chi connectivity index (χ0v) is 10.7. The summed E-state index contributed by atoms with van der Waals surface area (Å²) in [6, 6.07) is 1.26. The molecule has 0 radical (unpaired) electrons. The average Bonchev–Trinajstić information content (AvgIpc) is 2.23. The molecular formula is C12H17ClN2O2. The normalized spacial score (nSPS) is 24.8. The van der Waals surface area contributed by atoms with Crippen LogP contribution in [-0.4, -0.2) is 9.55 Å². The predicted molar refractivity (Wildman–Crippen MR) is 67.5 cm³/mol. The van der Waals surface area contributed by atoms with Crippen molar-refractivity contribution in [2.24, 2.45) is 11.8 Å². The van der Waals surface area contributed by atoms with Gasteiger partial charge in [-0.15, -0.1) is 0 Å². The number of halogens is 1. The van der Waals surface area contributed by atoms with Gasteiger partial charge in [0, 0.05) is 12.6 Å². The Labute approximate surface area is 105 Å². The molecule has 2 atom stereocenters. The molecule has 1 aromatic rings. The Bertz CT molecular complexity index is 475. The van der Waals surface area contributed by atoms with Gasteiger partial charge in [0.25, 0.3) is 5.56 Å². The Kier molecular flexibility index (Phi) is 3.72. The highest BCUT2D eigenvalue weighted by Gasteiger charge is 2.20. The molecule has 2 rings (SSSR count). The Morgan fingerprint density at radius 1 is 1.47 bits per heavy atom. The highest BCUT2D eigenvalue weighted by atomic mass is 35.5. The van der Waals surface area contributed by atoms with Gasteiger partial charge >= 0.3 is 5.69 Å². The van der Waals surface area contributed by atoms with Crippen molar-refractivity contribution in [1.29, 1.82) is 0 Å². The first-order chi connectivity index (χ1) is 8.06. The van der Waals surface area contributed by atoms with E-state index >= 15 is 0 Å². The van der Waals surface area contributed by atoms with E-state index in [0.29, 0.717) is 18.4 Å². The lowest BCUT2D eigenvalue weighted by atomic mass is 9.82. The first-order valence-corrected chi connectivity index (χ1v) is 6.43. The largest absolute Gasteiger partial charge is 0.329 e. The molecule has 1 N–H and O–H groups in total. The van der Waals surface area contributed by atoms with Crippen LogP contribution in [0.25, 0.3) is 0 Å². The van der Waals surface area contributed by atoms with Gasteiger partial charge in [-0.2, -0.15) is 0 Å². The van der Waals surface area contributed by atoms with Gasteiger partial charge < -0.3 is 0 Å². The fourth-order valence-corrected chi connectivity index (χ4v) is 2.82. The van der Waals surface area contributed by atoms with Crippen molar-refractivity contribution in [3.8, 4) is 0 Å². The molecule has 1 aliphatic carbocycles. The number of nitrogens with one attached hydrogen (secondary N) is 1. The molecule has 0 saturated heterocycles. The Hall–Kier alpha value is -1.03. The van der Waals surface area contributed by atoms with Gasteiger partial charge in [0.15, 0.2) is 0 Å². The fraction of sp³-hybridized carbons (Fsp3) is 0.667. The Balaban J connectivity index is 2.19. The molecule has 0 amide bonds. The number of aromatic nitrogens is 2. The minimum Gasteiger partial charge on any atom is -0.298 e. The number of H-pyrrole nitrogens is 1. The van der Waals surface area contributed by atoms with Crippen molar-refractivity contribution in [3.05, 3.63) is 32.1 Å². The monoisotopic (exact) mass is 256 g/mol. The summed E-state index contributed by atoms with van der Waals surface area (Å²) < 4.78 is 1.26. The summed E-state index contributed by atoms with van der Waals surface area (Å²) in [7, 11) is 0. The lowest BCUT2D eigenvalue weighted by molar-refractivity contribution is 0.252. The van der Waals surface area contributed by atoms with Gasteiger partial charge in [-0.3, -0.25) is 14.3 Å². The highest BCUT2D eigenvalue weighted by molar-refractivity contribution is 6.29. The second-order valence-electron chi connectivity index (χ2n) is 5.01. The second kappa shape index (κ2) is 5.08. The summed E-state index contributed by atoms with van der Waals surface area (Å²) in [6.07, 6.45) is 4.63. The summed E-state index contributed by atoms with van der Waals surface area (Å²) in [6.45, 7) is 2.73. The van der Waals surface area contributed by atoms with Gasteiger partial charge in [0.05, 0.1) is 0 Å². The molecule has 2 unspecified atom stereocenters. The van der Waals surface area contributed by atoms with Crippen molar-refractivity contribution in [3.63, 3.8) is 0 Å². The lowest BCUT2D eigenvalue weighted by Crippen LogP contribution is -2.37. The van der Waals surface area contributed by atoms with Gasteiger partial charge in [0.2, 0.25) is 0 Å². The van der Waals surface area contributed by atoms with Crippen LogP contribution in [0.5, 0.6) is 0 Å². The van der Waals surface area contributed by atoms with Crippen LogP contribution in [-0.2, 0) is 6.54 Å². The molecule has 0 spiro atoms. The molecule has 0 bridgehead atoms. The van der Waals surface area contributed by atoms with Crippen LogP contribution in [0.15, 0.2) is 15.7 Å². The van der Waals surface area contributed by atoms with Gasteiger partial charge in [-0.25, -0.2) is 4.79 Å². The van der Waals surface area contributed by atoms with E-state index in [9.17, 15) is 9.59 Å². The van der Waals surface area contributed by atoms with Crippen LogP contribution in [0.1, 0.15) is 32.6 Å². The molecule has 1 saturated carbocycles. The molecule has 4 nitrogen and oxygen atoms in total. The third kappa shape index (κ3) is 3.00. The van der Waals surface area contributed by atoms with E-state index in [1.54, 1.807) is 0 Å². The van der Waals surface area contributed by atoms with E-state index in [4.69, 9.17) is 11.6 Å². The zero-order valence-electron chi connectivity index (χ0n) is 9.91. The third-order valence-corrected chi connectivity index (χ3v) is 3.68. The van der Waals surface area contributed by atoms with Gasteiger partial charge in [0.1, 0.15) is 5.15 Å². The van der Waals surface area contributed by atoms with E-state index in [1.165, 1.54) is 23.5 Å². The SMILES string of the molecule is CC1CCCC(Cn2c(=O)cc(Cl)[nH]c2=O)C1. The standard InChI is InChI=1S/C12H17ClN2O2/c1-8-3-2-4-9(5-8)7-15-11(16)6-10(13)14-12(15)17/h6,8-9H,2-5,7H2,1H3,(H,14,17). The van der Waals surface area contributed by atoms with Crippen LogP contribution in [0.4, 0.5) is 0 Å². The minimum absolute atomic E-state index is 0.105. The van der Waals surface area contributed by atoms with E-state index in [-0.39, 0.29) is 10.7 Å². The summed E-state index contributed by atoms with van der Waals surface area (Å²) in [5.74, 6) is 1.12. The van der Waals surface area contributed by atoms with Crippen LogP contribution < -0.4 is 11.2 Å². The lowest BCUT2D eigenvalue weighted by Gasteiger charge is -2.26. The highest BCUT2D eigenvalue weighted by Crippen LogP contribution is 2.28. The van der Waals surface area contributed by atoms with Gasteiger partial charge in [-0.05, 0) is 24.7 Å². The number of nitrogens with zero attached hydrogens (tertiary/aromatic N) is 1. The first-order valence-electron chi connectivity index (χ1n) is 6.06. The molecule has 94 valence electrons. The number of hydrogen-bond acceptors (Lipinski definition) is 2. The van der Waals surface area contributed by atoms with Crippen molar-refractivity contribution in [2.75, 3.05) is 0 Å². The second-order valence-corrected chi connectivity index (χ2v) is 5.42. The van der Waals surface area contributed by atoms with Crippen molar-refractivity contribution < 1.29 is 0 Å². The van der Waals surface area contributed by atoms with Crippen LogP contribution in [0.2, 0.25) is 5.15 Å². The smallest absolute Gasteiger partial charge is 0.298 e. The Morgan fingerprint density at radius 3 is 2.88 bits per heavy atom. The Morgan fingerprint density at radius 2 is 2.24 bits per heavy atom. The van der Waals surface area contributed by atoms with Crippen LogP contribution in [0.3, 0.4) is 0 Å². The fourth-order valence-electron chi connectivity index (χ4n) is 2.65. The summed E-state index contributed by atoms with van der Waals surface area (Å²) in [5.41, 5.74) is -0.710. The van der Waals surface area contributed by atoms with E-state index in [2.05, 4.69) is 11.9 Å². The molecule has 0 aliphatic heterocycles. The number of hydrogen-bond donors (Lipinski definition) is 1. The van der Waals surface area contributed by atoms with E-state index < -0.39 is 5.69 Å². The number of aromatic amines is 1. The topological polar surface area (TPSA) is 54.9 Å². The molecule has 0 aromatic carbocycles. The molecule has 1 heterocycles. The van der Waals surface area contributed by atoms with Crippen molar-refractivity contribution in [1.82, 2.24) is 9.55 Å². The maximum absolute atomic E-state index is 11.7. The molecule has 1 fully saturated rings. The summed E-state index contributed by atoms with van der Waals surface area (Å²) in [4.78, 5) is 25.8. The van der Waals surface area contributed by atoms with Gasteiger partial charge in [-0.1, -0.05) is 31.4 Å². The maximum atomic E-state index is 11.7. The molecule has 5 heteroatoms. The summed E-state index contributed by atoms with van der Waals surface area (Å²) in [5, 5.41) is 0.105. The minimum atomic E-state index is -0.402. The van der Waals surface area contributed by atoms with Crippen molar-refractivity contribution >= 4 is 11.6 Å². The average molecular weight is 257 g/mol. The molecule has 1 aliphatic rings. The molecule has 17 heavy (non-hydrogen) atoms. The summed E-state index contributed by atoms with van der Waals surface area (Å²) >= 11 is 5.62. The van der Waals surface area contributed by atoms with E-state index in [0.717, 1.165) is 12.8 Å². The van der Waals surface area contributed by atoms with Crippen LogP contribution in [0, 0.1) is 11.8 Å². The first kappa shape index (κ1) is 12.4. The maximum Gasteiger partial charge on any atom is 0.329 e. The number of rotatable bonds is 2. The third-order valence-electron chi connectivity index (χ3n) is 3.47. The molecule has 1 aromatic heterocycles. The zero-order chi connectivity index (χ0) is 12.4. The quantitative estimate of drug-likeness (QED) is 0.823. The van der Waals surface area contributed by atoms with E-state index in [1.807, 2.05) is 0 Å². The van der Waals surface area contributed by atoms with Crippen LogP contribution >= 0.6 is 11.6 Å². The predicted octanol–water partition coefficient (Wildman–Crippen LogP) is 2.02. The molecular weight excluding hydrogens is 240 g/mol.